The average molecular weight is 269 g/mol. The van der Waals surface area contributed by atoms with E-state index in [4.69, 9.17) is 14.8 Å². The summed E-state index contributed by atoms with van der Waals surface area (Å²) in [6.45, 7) is 4.15. The molecule has 2 N–H and O–H groups in total. The molecule has 0 bridgehead atoms. The zero-order valence-electron chi connectivity index (χ0n) is 10.6. The van der Waals surface area contributed by atoms with Crippen LogP contribution in [0.15, 0.2) is 18.2 Å². The number of nitrogens with zero attached hydrogens (tertiary/aromatic N) is 1. The van der Waals surface area contributed by atoms with Gasteiger partial charge in [-0.05, 0) is 24.1 Å². The molecule has 5 nitrogen and oxygen atoms in total. The van der Waals surface area contributed by atoms with Crippen LogP contribution >= 0.6 is 0 Å². The molecule has 1 heterocycles. The molecule has 1 aromatic rings. The van der Waals surface area contributed by atoms with Crippen LogP contribution in [0, 0.1) is 5.82 Å². The first-order valence-corrected chi connectivity index (χ1v) is 6.26. The van der Waals surface area contributed by atoms with Crippen molar-refractivity contribution < 1.29 is 23.8 Å². The molecule has 1 aliphatic rings. The lowest BCUT2D eigenvalue weighted by Crippen LogP contribution is -2.37. The lowest BCUT2D eigenvalue weighted by molar-refractivity contribution is 0.0384. The molecule has 0 amide bonds. The Kier molecular flexibility index (Phi) is 5.15. The number of rotatable bonds is 5. The van der Waals surface area contributed by atoms with E-state index >= 15 is 0 Å². The molecule has 1 saturated heterocycles. The molecule has 0 unspecified atom stereocenters. The third kappa shape index (κ3) is 4.47. The van der Waals surface area contributed by atoms with Gasteiger partial charge in [0.05, 0.1) is 13.2 Å². The summed E-state index contributed by atoms with van der Waals surface area (Å²) in [5, 5.41) is 17.2. The molecule has 7 heteroatoms. The van der Waals surface area contributed by atoms with Gasteiger partial charge in [-0.1, -0.05) is 6.07 Å². The molecule has 0 aromatic heterocycles. The van der Waals surface area contributed by atoms with Gasteiger partial charge < -0.3 is 19.4 Å². The van der Waals surface area contributed by atoms with Crippen LogP contribution < -0.4 is 4.65 Å². The zero-order valence-corrected chi connectivity index (χ0v) is 10.6. The van der Waals surface area contributed by atoms with E-state index in [2.05, 4.69) is 9.55 Å². The lowest BCUT2D eigenvalue weighted by Gasteiger charge is -2.26. The topological polar surface area (TPSA) is 62.2 Å². The molecule has 2 rings (SSSR count). The molecule has 1 fully saturated rings. The van der Waals surface area contributed by atoms with E-state index in [1.807, 2.05) is 0 Å². The first-order valence-electron chi connectivity index (χ1n) is 6.26. The van der Waals surface area contributed by atoms with Crippen molar-refractivity contribution in [3.63, 3.8) is 0 Å². The van der Waals surface area contributed by atoms with Gasteiger partial charge in [0.15, 0.2) is 5.82 Å². The predicted molar refractivity (Wildman–Crippen MR) is 68.2 cm³/mol. The molecule has 104 valence electrons. The maximum Gasteiger partial charge on any atom is 0.707 e. The van der Waals surface area contributed by atoms with E-state index in [1.165, 1.54) is 12.1 Å². The fourth-order valence-corrected chi connectivity index (χ4v) is 2.02. The third-order valence-electron chi connectivity index (χ3n) is 3.05. The molecule has 0 aliphatic carbocycles. The van der Waals surface area contributed by atoms with E-state index in [1.54, 1.807) is 6.07 Å². The van der Waals surface area contributed by atoms with Crippen LogP contribution in [-0.4, -0.2) is 55.1 Å². The first kappa shape index (κ1) is 14.3. The second-order valence-corrected chi connectivity index (χ2v) is 4.41. The van der Waals surface area contributed by atoms with Crippen LogP contribution in [0.25, 0.3) is 0 Å². The smallest absolute Gasteiger partial charge is 0.510 e. The second-order valence-electron chi connectivity index (χ2n) is 4.41. The Morgan fingerprint density at radius 3 is 2.68 bits per heavy atom. The van der Waals surface area contributed by atoms with Gasteiger partial charge in [-0.3, -0.25) is 4.90 Å². The Labute approximate surface area is 111 Å². The van der Waals surface area contributed by atoms with Crippen molar-refractivity contribution >= 4 is 7.32 Å². The quantitative estimate of drug-likeness (QED) is 0.739. The number of hydrogen-bond acceptors (Lipinski definition) is 5. The molecular weight excluding hydrogens is 252 g/mol. The molecule has 0 saturated carbocycles. The summed E-state index contributed by atoms with van der Waals surface area (Å²) in [6.07, 6.45) is 0.735. The number of hydrogen-bond donors (Lipinski definition) is 2. The number of morpholine rings is 1. The summed E-state index contributed by atoms with van der Waals surface area (Å²) < 4.78 is 23.4. The van der Waals surface area contributed by atoms with Crippen molar-refractivity contribution in [1.82, 2.24) is 4.90 Å². The zero-order chi connectivity index (χ0) is 13.7. The summed E-state index contributed by atoms with van der Waals surface area (Å²) in [4.78, 5) is 2.27. The summed E-state index contributed by atoms with van der Waals surface area (Å²) in [5.41, 5.74) is 0.851. The van der Waals surface area contributed by atoms with Crippen LogP contribution in [-0.2, 0) is 11.2 Å². The van der Waals surface area contributed by atoms with Crippen molar-refractivity contribution in [1.29, 1.82) is 0 Å². The minimum Gasteiger partial charge on any atom is -0.510 e. The van der Waals surface area contributed by atoms with E-state index < -0.39 is 13.1 Å². The minimum atomic E-state index is -2.01. The Bertz CT molecular complexity index is 413. The molecular formula is C12H17BFNO4. The van der Waals surface area contributed by atoms with Crippen LogP contribution in [0.3, 0.4) is 0 Å². The van der Waals surface area contributed by atoms with Crippen molar-refractivity contribution in [3.8, 4) is 5.75 Å². The van der Waals surface area contributed by atoms with E-state index in [0.29, 0.717) is 0 Å². The first-order chi connectivity index (χ1) is 9.15. The third-order valence-corrected chi connectivity index (χ3v) is 3.05. The maximum atomic E-state index is 13.6. The van der Waals surface area contributed by atoms with Crippen molar-refractivity contribution in [2.24, 2.45) is 0 Å². The molecule has 0 atom stereocenters. The molecule has 1 aromatic carbocycles. The summed E-state index contributed by atoms with van der Waals surface area (Å²) in [6, 6.07) is 4.49. The molecule has 1 aliphatic heterocycles. The van der Waals surface area contributed by atoms with Gasteiger partial charge >= 0.3 is 7.32 Å². The normalized spacial score (nSPS) is 16.4. The van der Waals surface area contributed by atoms with Gasteiger partial charge in [0.1, 0.15) is 5.75 Å². The Balaban J connectivity index is 1.88. The largest absolute Gasteiger partial charge is 0.707 e. The van der Waals surface area contributed by atoms with Gasteiger partial charge in [0.25, 0.3) is 0 Å². The SMILES string of the molecule is OB(O)Oc1ccc(CCN2CCOCC2)cc1F. The van der Waals surface area contributed by atoms with Crippen molar-refractivity contribution in [2.45, 2.75) is 6.42 Å². The maximum absolute atomic E-state index is 13.6. The highest BCUT2D eigenvalue weighted by Crippen LogP contribution is 2.19. The van der Waals surface area contributed by atoms with Crippen molar-refractivity contribution in [2.75, 3.05) is 32.8 Å². The Morgan fingerprint density at radius 1 is 1.32 bits per heavy atom. The minimum absolute atomic E-state index is 0.162. The van der Waals surface area contributed by atoms with E-state index in [0.717, 1.165) is 44.8 Å². The van der Waals surface area contributed by atoms with E-state index in [9.17, 15) is 4.39 Å². The van der Waals surface area contributed by atoms with Gasteiger partial charge in [0, 0.05) is 19.6 Å². The Morgan fingerprint density at radius 2 is 2.05 bits per heavy atom. The van der Waals surface area contributed by atoms with E-state index in [-0.39, 0.29) is 5.75 Å². The molecule has 0 spiro atoms. The summed E-state index contributed by atoms with van der Waals surface area (Å²) in [5.74, 6) is -0.752. The highest BCUT2D eigenvalue weighted by Gasteiger charge is 2.15. The number of halogens is 1. The second kappa shape index (κ2) is 6.86. The molecule has 0 radical (unpaired) electrons. The predicted octanol–water partition coefficient (Wildman–Crippen LogP) is 0.0487. The fourth-order valence-electron chi connectivity index (χ4n) is 2.02. The molecule has 19 heavy (non-hydrogen) atoms. The highest BCUT2D eigenvalue weighted by atomic mass is 19.1. The standard InChI is InChI=1S/C12H17BFNO4/c14-11-9-10(1-2-12(11)19-13(16)17)3-4-15-5-7-18-8-6-15/h1-2,9,16-17H,3-8H2. The summed E-state index contributed by atoms with van der Waals surface area (Å²) in [7, 11) is -2.01. The Hall–Kier alpha value is -1.15. The number of ether oxygens (including phenoxy) is 1. The van der Waals surface area contributed by atoms with Gasteiger partial charge in [-0.15, -0.1) is 0 Å². The number of benzene rings is 1. The summed E-state index contributed by atoms with van der Waals surface area (Å²) >= 11 is 0. The monoisotopic (exact) mass is 269 g/mol. The fraction of sp³-hybridized carbons (Fsp3) is 0.500. The van der Waals surface area contributed by atoms with Crippen LogP contribution in [0.1, 0.15) is 5.56 Å². The van der Waals surface area contributed by atoms with Crippen LogP contribution in [0.5, 0.6) is 5.75 Å². The van der Waals surface area contributed by atoms with Crippen molar-refractivity contribution in [3.05, 3.63) is 29.6 Å². The van der Waals surface area contributed by atoms with Gasteiger partial charge in [-0.2, -0.15) is 0 Å². The highest BCUT2D eigenvalue weighted by molar-refractivity contribution is 6.33. The van der Waals surface area contributed by atoms with Crippen LogP contribution in [0.4, 0.5) is 4.39 Å². The average Bonchev–Trinajstić information content (AvgIpc) is 2.40. The van der Waals surface area contributed by atoms with Gasteiger partial charge in [0.2, 0.25) is 0 Å². The lowest BCUT2D eigenvalue weighted by atomic mass is 10.1. The van der Waals surface area contributed by atoms with Gasteiger partial charge in [-0.25, -0.2) is 4.39 Å². The van der Waals surface area contributed by atoms with Crippen LogP contribution in [0.2, 0.25) is 0 Å².